The zero-order valence-electron chi connectivity index (χ0n) is 16.8. The number of unbranched alkanes of at least 4 members (excludes halogenated alkanes) is 4. The van der Waals surface area contributed by atoms with Gasteiger partial charge in [-0.3, -0.25) is 9.59 Å². The fraction of sp³-hybridized carbons (Fsp3) is 0.812. The van der Waals surface area contributed by atoms with E-state index in [1.807, 2.05) is 0 Å². The summed E-state index contributed by atoms with van der Waals surface area (Å²) in [6.07, 6.45) is 6.58. The molecule has 0 fully saturated rings. The maximum Gasteiger partial charge on any atom is 0.323 e. The number of aliphatic carboxylic acids is 1. The van der Waals surface area contributed by atoms with E-state index in [-0.39, 0.29) is 12.5 Å². The molecule has 0 aromatic rings. The number of aliphatic imine (C=N–C) groups is 1. The van der Waals surface area contributed by atoms with Crippen LogP contribution in [0.3, 0.4) is 0 Å². The van der Waals surface area contributed by atoms with Gasteiger partial charge in [0, 0.05) is 17.5 Å². The van der Waals surface area contributed by atoms with E-state index >= 15 is 0 Å². The molecule has 0 bridgehead atoms. The molecule has 7 heteroatoms. The topological polar surface area (TPSA) is 116 Å². The number of amides is 1. The molecule has 0 spiro atoms. The number of aliphatic hydroxyl groups is 1. The molecule has 134 valence electrons. The molecular formula is C16H31N3O4. The molecule has 1 amide bonds. The van der Waals surface area contributed by atoms with Crippen molar-refractivity contribution in [3.8, 4) is 0 Å². The summed E-state index contributed by atoms with van der Waals surface area (Å²) >= 11 is 0. The maximum atomic E-state index is 11.8. The third-order valence-electron chi connectivity index (χ3n) is 3.38. The summed E-state index contributed by atoms with van der Waals surface area (Å²) in [5.74, 6) is -2.60. The summed E-state index contributed by atoms with van der Waals surface area (Å²) in [5.41, 5.74) is 5.48. The predicted octanol–water partition coefficient (Wildman–Crippen LogP) is 1.74. The first-order valence-electron chi connectivity index (χ1n) is 9.62. The highest BCUT2D eigenvalue weighted by atomic mass is 16.4. The smallest absolute Gasteiger partial charge is 0.323 e. The van der Waals surface area contributed by atoms with Crippen molar-refractivity contribution in [2.75, 3.05) is 13.5 Å². The van der Waals surface area contributed by atoms with Gasteiger partial charge in [-0.15, -0.1) is 0 Å². The van der Waals surface area contributed by atoms with Gasteiger partial charge in [-0.1, -0.05) is 39.0 Å². The van der Waals surface area contributed by atoms with Crippen LogP contribution < -0.4 is 5.73 Å². The first kappa shape index (κ1) is 16.2. The zero-order valence-corrected chi connectivity index (χ0v) is 13.8. The third-order valence-corrected chi connectivity index (χ3v) is 3.38. The summed E-state index contributed by atoms with van der Waals surface area (Å²) in [5, 5.41) is 18.5. The summed E-state index contributed by atoms with van der Waals surface area (Å²) in [6, 6.07) is 0. The van der Waals surface area contributed by atoms with Crippen molar-refractivity contribution in [2.45, 2.75) is 70.8 Å². The Balaban J connectivity index is 4.22. The van der Waals surface area contributed by atoms with Crippen LogP contribution in [0.4, 0.5) is 0 Å². The molecule has 0 aliphatic heterocycles. The fourth-order valence-electron chi connectivity index (χ4n) is 2.07. The van der Waals surface area contributed by atoms with E-state index in [1.54, 1.807) is 0 Å². The standard InChI is InChI=1S/C16H31N3O4/c1-3-4-6-9-13(20)10-7-5-8-11-14(21)18-16(17)19(2)12-15(22)23/h13,20H,3-12H2,1-2H3,(H,22,23)(H2,17,18,21)/i2D3. The van der Waals surface area contributed by atoms with Gasteiger partial charge in [0.25, 0.3) is 0 Å². The quantitative estimate of drug-likeness (QED) is 0.285. The average molecular weight is 332 g/mol. The van der Waals surface area contributed by atoms with Crippen LogP contribution in [-0.2, 0) is 9.59 Å². The van der Waals surface area contributed by atoms with E-state index in [4.69, 9.17) is 15.0 Å². The molecule has 23 heavy (non-hydrogen) atoms. The number of nitrogens with two attached hydrogens (primary N) is 1. The van der Waals surface area contributed by atoms with Gasteiger partial charge in [-0.05, 0) is 19.3 Å². The molecule has 0 aromatic heterocycles. The molecule has 0 aromatic carbocycles. The van der Waals surface area contributed by atoms with E-state index in [9.17, 15) is 14.7 Å². The Kier molecular flexibility index (Phi) is 9.08. The Labute approximate surface area is 142 Å². The second-order valence-electron chi connectivity index (χ2n) is 5.59. The van der Waals surface area contributed by atoms with E-state index in [0.29, 0.717) is 17.7 Å². The van der Waals surface area contributed by atoms with Gasteiger partial charge >= 0.3 is 5.97 Å². The minimum absolute atomic E-state index is 0.0918. The van der Waals surface area contributed by atoms with Crippen molar-refractivity contribution >= 4 is 17.8 Å². The van der Waals surface area contributed by atoms with Crippen LogP contribution in [0.5, 0.6) is 0 Å². The molecule has 0 saturated heterocycles. The Morgan fingerprint density at radius 2 is 1.87 bits per heavy atom. The van der Waals surface area contributed by atoms with E-state index < -0.39 is 31.4 Å². The lowest BCUT2D eigenvalue weighted by Crippen LogP contribution is -2.38. The minimum Gasteiger partial charge on any atom is -0.480 e. The van der Waals surface area contributed by atoms with Crippen molar-refractivity contribution in [3.63, 3.8) is 0 Å². The van der Waals surface area contributed by atoms with Crippen molar-refractivity contribution in [1.29, 1.82) is 0 Å². The van der Waals surface area contributed by atoms with E-state index in [1.165, 1.54) is 0 Å². The number of nitrogens with zero attached hydrogens (tertiary/aromatic N) is 2. The first-order chi connectivity index (χ1) is 12.1. The minimum atomic E-state index is -2.79. The van der Waals surface area contributed by atoms with Gasteiger partial charge < -0.3 is 20.8 Å². The Bertz CT molecular complexity index is 470. The van der Waals surface area contributed by atoms with Crippen LogP contribution >= 0.6 is 0 Å². The van der Waals surface area contributed by atoms with Gasteiger partial charge in [0.2, 0.25) is 5.91 Å². The van der Waals surface area contributed by atoms with E-state index in [0.717, 1.165) is 38.5 Å². The Morgan fingerprint density at radius 1 is 1.22 bits per heavy atom. The number of carbonyl (C=O) groups is 2. The van der Waals surface area contributed by atoms with Crippen LogP contribution in [0.1, 0.15) is 68.8 Å². The summed E-state index contributed by atoms with van der Waals surface area (Å²) in [4.78, 5) is 26.4. The second-order valence-corrected chi connectivity index (χ2v) is 5.59. The van der Waals surface area contributed by atoms with Crippen LogP contribution in [-0.4, -0.2) is 52.6 Å². The molecule has 0 radical (unpaired) electrons. The zero-order chi connectivity index (χ0) is 20.2. The normalized spacial score (nSPS) is 15.4. The molecule has 1 atom stereocenters. The lowest BCUT2D eigenvalue weighted by molar-refractivity contribution is -0.137. The largest absolute Gasteiger partial charge is 0.480 e. The van der Waals surface area contributed by atoms with Gasteiger partial charge in [0.15, 0.2) is 5.96 Å². The number of aliphatic hydroxyl groups excluding tert-OH is 1. The number of likely N-dealkylation sites (N-methyl/N-ethyl adjacent to an activating group) is 1. The SMILES string of the molecule is [2H]C([2H])([2H])N(CC(=O)O)C(N)=NC(=O)CCCCCC(O)CCCCC. The lowest BCUT2D eigenvalue weighted by atomic mass is 10.0. The van der Waals surface area contributed by atoms with E-state index in [2.05, 4.69) is 11.9 Å². The van der Waals surface area contributed by atoms with Crippen LogP contribution in [0.15, 0.2) is 4.99 Å². The molecule has 0 saturated carbocycles. The Morgan fingerprint density at radius 3 is 2.43 bits per heavy atom. The molecule has 1 unspecified atom stereocenters. The number of carboxylic acids is 1. The average Bonchev–Trinajstić information content (AvgIpc) is 2.51. The number of guanidine groups is 1. The number of carbonyl (C=O) groups excluding carboxylic acids is 1. The number of rotatable bonds is 12. The van der Waals surface area contributed by atoms with Crippen molar-refractivity contribution in [2.24, 2.45) is 10.7 Å². The first-order valence-corrected chi connectivity index (χ1v) is 8.12. The summed E-state index contributed by atoms with van der Waals surface area (Å²) in [7, 11) is 0. The van der Waals surface area contributed by atoms with Crippen molar-refractivity contribution in [3.05, 3.63) is 0 Å². The monoisotopic (exact) mass is 332 g/mol. The van der Waals surface area contributed by atoms with Gasteiger partial charge in [0.1, 0.15) is 6.54 Å². The summed E-state index contributed by atoms with van der Waals surface area (Å²) in [6.45, 7) is -1.55. The lowest BCUT2D eigenvalue weighted by Gasteiger charge is -2.14. The molecule has 0 rings (SSSR count). The molecule has 0 aliphatic carbocycles. The molecule has 0 aliphatic rings. The molecular weight excluding hydrogens is 298 g/mol. The van der Waals surface area contributed by atoms with Crippen molar-refractivity contribution < 1.29 is 23.9 Å². The number of carboxylic acid groups (broad SMARTS) is 1. The highest BCUT2D eigenvalue weighted by Gasteiger charge is 2.09. The van der Waals surface area contributed by atoms with Crippen molar-refractivity contribution in [1.82, 2.24) is 4.90 Å². The highest BCUT2D eigenvalue weighted by Crippen LogP contribution is 2.11. The van der Waals surface area contributed by atoms with Crippen LogP contribution in [0.25, 0.3) is 0 Å². The summed E-state index contributed by atoms with van der Waals surface area (Å²) < 4.78 is 21.8. The third kappa shape index (κ3) is 12.6. The number of hydrogen-bond donors (Lipinski definition) is 3. The molecule has 4 N–H and O–H groups in total. The molecule has 0 heterocycles. The van der Waals surface area contributed by atoms with Crippen LogP contribution in [0, 0.1) is 0 Å². The number of hydrogen-bond acceptors (Lipinski definition) is 3. The van der Waals surface area contributed by atoms with Crippen LogP contribution in [0.2, 0.25) is 0 Å². The maximum absolute atomic E-state index is 11.8. The highest BCUT2D eigenvalue weighted by molar-refractivity contribution is 5.93. The second kappa shape index (κ2) is 12.9. The van der Waals surface area contributed by atoms with Gasteiger partial charge in [-0.2, -0.15) is 4.99 Å². The fourth-order valence-corrected chi connectivity index (χ4v) is 2.07. The predicted molar refractivity (Wildman–Crippen MR) is 90.1 cm³/mol. The Hall–Kier alpha value is -1.63. The molecule has 7 nitrogen and oxygen atoms in total. The van der Waals surface area contributed by atoms with Gasteiger partial charge in [0.05, 0.1) is 6.10 Å². The van der Waals surface area contributed by atoms with Gasteiger partial charge in [-0.25, -0.2) is 0 Å².